The Morgan fingerprint density at radius 2 is 1.67 bits per heavy atom. The van der Waals surface area contributed by atoms with Crippen molar-refractivity contribution in [2.75, 3.05) is 37.4 Å². The second-order valence-electron chi connectivity index (χ2n) is 5.81. The van der Waals surface area contributed by atoms with Gasteiger partial charge in [0.25, 0.3) is 5.91 Å². The maximum Gasteiger partial charge on any atom is 0.253 e. The van der Waals surface area contributed by atoms with Crippen LogP contribution in [-0.4, -0.2) is 43.5 Å². The zero-order valence-electron chi connectivity index (χ0n) is 15.7. The standard InChI is InChI=1S/C20H24ClN3O3/c1-4-24(5-2)20(26)14-6-8-15(9-7-14)22-13-19(25)23-16-10-11-18(27-3)17(21)12-16/h6-12,22H,4-5,13H2,1-3H3,(H,23,25). The number of methoxy groups -OCH3 is 1. The number of halogens is 1. The second-order valence-corrected chi connectivity index (χ2v) is 6.21. The maximum absolute atomic E-state index is 12.3. The molecule has 0 unspecified atom stereocenters. The molecule has 7 heteroatoms. The van der Waals surface area contributed by atoms with Gasteiger partial charge in [-0.05, 0) is 56.3 Å². The molecule has 0 spiro atoms. The molecule has 2 amide bonds. The molecule has 0 heterocycles. The van der Waals surface area contributed by atoms with E-state index >= 15 is 0 Å². The van der Waals surface area contributed by atoms with E-state index in [1.807, 2.05) is 13.8 Å². The number of rotatable bonds is 8. The van der Waals surface area contributed by atoms with Gasteiger partial charge in [-0.1, -0.05) is 11.6 Å². The predicted molar refractivity (Wildman–Crippen MR) is 109 cm³/mol. The molecule has 6 nitrogen and oxygen atoms in total. The first-order chi connectivity index (χ1) is 13.0. The van der Waals surface area contributed by atoms with Crippen LogP contribution in [0.1, 0.15) is 24.2 Å². The fourth-order valence-corrected chi connectivity index (χ4v) is 2.81. The number of nitrogens with zero attached hydrogens (tertiary/aromatic N) is 1. The molecule has 0 radical (unpaired) electrons. The van der Waals surface area contributed by atoms with Gasteiger partial charge in [0.15, 0.2) is 0 Å². The van der Waals surface area contributed by atoms with Gasteiger partial charge in [-0.15, -0.1) is 0 Å². The number of ether oxygens (including phenoxy) is 1. The lowest BCUT2D eigenvalue weighted by atomic mass is 10.1. The van der Waals surface area contributed by atoms with Crippen molar-refractivity contribution in [3.8, 4) is 5.75 Å². The summed E-state index contributed by atoms with van der Waals surface area (Å²) < 4.78 is 5.08. The summed E-state index contributed by atoms with van der Waals surface area (Å²) in [5, 5.41) is 6.22. The van der Waals surface area contributed by atoms with Crippen molar-refractivity contribution in [1.82, 2.24) is 4.90 Å². The third kappa shape index (κ3) is 5.62. The topological polar surface area (TPSA) is 70.7 Å². The molecular formula is C20H24ClN3O3. The lowest BCUT2D eigenvalue weighted by molar-refractivity contribution is -0.114. The van der Waals surface area contributed by atoms with Gasteiger partial charge < -0.3 is 20.3 Å². The van der Waals surface area contributed by atoms with E-state index in [4.69, 9.17) is 16.3 Å². The van der Waals surface area contributed by atoms with Crippen molar-refractivity contribution >= 4 is 34.8 Å². The van der Waals surface area contributed by atoms with Crippen molar-refractivity contribution < 1.29 is 14.3 Å². The van der Waals surface area contributed by atoms with Crippen LogP contribution in [0.4, 0.5) is 11.4 Å². The van der Waals surface area contributed by atoms with E-state index in [0.29, 0.717) is 35.1 Å². The quantitative estimate of drug-likeness (QED) is 0.718. The molecule has 2 N–H and O–H groups in total. The minimum Gasteiger partial charge on any atom is -0.495 e. The number of hydrogen-bond acceptors (Lipinski definition) is 4. The van der Waals surface area contributed by atoms with E-state index < -0.39 is 0 Å². The Morgan fingerprint density at radius 1 is 1.04 bits per heavy atom. The number of carbonyl (C=O) groups is 2. The third-order valence-corrected chi connectivity index (χ3v) is 4.37. The Balaban J connectivity index is 1.90. The first-order valence-corrected chi connectivity index (χ1v) is 9.12. The van der Waals surface area contributed by atoms with Crippen LogP contribution in [0, 0.1) is 0 Å². The van der Waals surface area contributed by atoms with E-state index in [1.54, 1.807) is 47.4 Å². The average molecular weight is 390 g/mol. The van der Waals surface area contributed by atoms with Gasteiger partial charge in [0.05, 0.1) is 18.7 Å². The van der Waals surface area contributed by atoms with Crippen molar-refractivity contribution in [3.63, 3.8) is 0 Å². The summed E-state index contributed by atoms with van der Waals surface area (Å²) >= 11 is 6.05. The summed E-state index contributed by atoms with van der Waals surface area (Å²) in [6.45, 7) is 5.33. The summed E-state index contributed by atoms with van der Waals surface area (Å²) in [7, 11) is 1.53. The van der Waals surface area contributed by atoms with Crippen LogP contribution in [-0.2, 0) is 4.79 Å². The van der Waals surface area contributed by atoms with Crippen LogP contribution in [0.15, 0.2) is 42.5 Å². The predicted octanol–water partition coefficient (Wildman–Crippen LogP) is 3.88. The van der Waals surface area contributed by atoms with Crippen LogP contribution in [0.25, 0.3) is 0 Å². The van der Waals surface area contributed by atoms with Gasteiger partial charge in [0, 0.05) is 30.0 Å². The molecule has 2 aromatic rings. The first-order valence-electron chi connectivity index (χ1n) is 8.75. The SMILES string of the molecule is CCN(CC)C(=O)c1ccc(NCC(=O)Nc2ccc(OC)c(Cl)c2)cc1. The molecule has 2 aromatic carbocycles. The smallest absolute Gasteiger partial charge is 0.253 e. The van der Waals surface area contributed by atoms with E-state index in [0.717, 1.165) is 5.69 Å². The molecule has 0 fully saturated rings. The van der Waals surface area contributed by atoms with E-state index in [-0.39, 0.29) is 18.4 Å². The number of anilines is 2. The summed E-state index contributed by atoms with van der Waals surface area (Å²) in [5.41, 5.74) is 1.98. The van der Waals surface area contributed by atoms with Gasteiger partial charge in [-0.2, -0.15) is 0 Å². The molecule has 0 aliphatic carbocycles. The summed E-state index contributed by atoms with van der Waals surface area (Å²) in [5.74, 6) is 0.340. The Hall–Kier alpha value is -2.73. The van der Waals surface area contributed by atoms with Gasteiger partial charge in [0.1, 0.15) is 5.75 Å². The Labute approximate surface area is 164 Å². The Bertz CT molecular complexity index is 790. The monoisotopic (exact) mass is 389 g/mol. The molecule has 0 saturated heterocycles. The summed E-state index contributed by atoms with van der Waals surface area (Å²) in [6, 6.07) is 12.1. The highest BCUT2D eigenvalue weighted by Crippen LogP contribution is 2.27. The van der Waals surface area contributed by atoms with Gasteiger partial charge in [-0.25, -0.2) is 0 Å². The molecule has 0 bridgehead atoms. The number of hydrogen-bond donors (Lipinski definition) is 2. The number of amides is 2. The minimum absolute atomic E-state index is 0.000627. The molecule has 0 atom stereocenters. The number of carbonyl (C=O) groups excluding carboxylic acids is 2. The molecule has 27 heavy (non-hydrogen) atoms. The zero-order chi connectivity index (χ0) is 19.8. The lowest BCUT2D eigenvalue weighted by Gasteiger charge is -2.18. The van der Waals surface area contributed by atoms with Crippen LogP contribution < -0.4 is 15.4 Å². The van der Waals surface area contributed by atoms with Crippen LogP contribution in [0.3, 0.4) is 0 Å². The van der Waals surface area contributed by atoms with Crippen LogP contribution >= 0.6 is 11.6 Å². The highest BCUT2D eigenvalue weighted by Gasteiger charge is 2.12. The molecule has 0 aliphatic heterocycles. The lowest BCUT2D eigenvalue weighted by Crippen LogP contribution is -2.30. The van der Waals surface area contributed by atoms with E-state index in [9.17, 15) is 9.59 Å². The van der Waals surface area contributed by atoms with Crippen molar-refractivity contribution in [1.29, 1.82) is 0 Å². The second kappa shape index (κ2) is 9.83. The Morgan fingerprint density at radius 3 is 2.22 bits per heavy atom. The molecule has 0 aliphatic rings. The van der Waals surface area contributed by atoms with Gasteiger partial charge >= 0.3 is 0 Å². The van der Waals surface area contributed by atoms with Crippen LogP contribution in [0.2, 0.25) is 5.02 Å². The third-order valence-electron chi connectivity index (χ3n) is 4.07. The maximum atomic E-state index is 12.3. The van der Waals surface area contributed by atoms with Gasteiger partial charge in [-0.3, -0.25) is 9.59 Å². The average Bonchev–Trinajstić information content (AvgIpc) is 2.68. The molecule has 144 valence electrons. The van der Waals surface area contributed by atoms with Gasteiger partial charge in [0.2, 0.25) is 5.91 Å². The van der Waals surface area contributed by atoms with Crippen molar-refractivity contribution in [3.05, 3.63) is 53.1 Å². The fraction of sp³-hybridized carbons (Fsp3) is 0.300. The molecular weight excluding hydrogens is 366 g/mol. The molecule has 0 aromatic heterocycles. The highest BCUT2D eigenvalue weighted by molar-refractivity contribution is 6.32. The highest BCUT2D eigenvalue weighted by atomic mass is 35.5. The zero-order valence-corrected chi connectivity index (χ0v) is 16.5. The summed E-state index contributed by atoms with van der Waals surface area (Å²) in [4.78, 5) is 26.1. The molecule has 2 rings (SSSR count). The number of benzene rings is 2. The molecule has 0 saturated carbocycles. The van der Waals surface area contributed by atoms with Crippen molar-refractivity contribution in [2.45, 2.75) is 13.8 Å². The Kier molecular flexibility index (Phi) is 7.49. The fourth-order valence-electron chi connectivity index (χ4n) is 2.56. The van der Waals surface area contributed by atoms with E-state index in [1.165, 1.54) is 7.11 Å². The number of nitrogens with one attached hydrogen (secondary N) is 2. The summed E-state index contributed by atoms with van der Waals surface area (Å²) in [6.07, 6.45) is 0. The first kappa shape index (κ1) is 20.6. The van der Waals surface area contributed by atoms with Crippen LogP contribution in [0.5, 0.6) is 5.75 Å². The van der Waals surface area contributed by atoms with E-state index in [2.05, 4.69) is 10.6 Å². The van der Waals surface area contributed by atoms with Crippen molar-refractivity contribution in [2.24, 2.45) is 0 Å². The normalized spacial score (nSPS) is 10.2. The largest absolute Gasteiger partial charge is 0.495 e. The minimum atomic E-state index is -0.209.